The number of piperidine rings is 1. The number of nitrogens with one attached hydrogen (secondary N) is 1. The van der Waals surface area contributed by atoms with Gasteiger partial charge in [-0.25, -0.2) is 0 Å². The number of nitrogens with zero attached hydrogens (tertiary/aromatic N) is 1. The van der Waals surface area contributed by atoms with Crippen LogP contribution >= 0.6 is 0 Å². The van der Waals surface area contributed by atoms with Gasteiger partial charge in [0.15, 0.2) is 0 Å². The smallest absolute Gasteiger partial charge is 0.240 e. The Morgan fingerprint density at radius 1 is 1.26 bits per heavy atom. The molecule has 0 aromatic heterocycles. The van der Waals surface area contributed by atoms with Gasteiger partial charge in [0.2, 0.25) is 11.8 Å². The van der Waals surface area contributed by atoms with Gasteiger partial charge >= 0.3 is 0 Å². The molecule has 2 rings (SSSR count). The van der Waals surface area contributed by atoms with Gasteiger partial charge in [-0.2, -0.15) is 0 Å². The first-order valence-electron chi connectivity index (χ1n) is 8.22. The largest absolute Gasteiger partial charge is 0.497 e. The number of amides is 2. The Morgan fingerprint density at radius 3 is 2.52 bits per heavy atom. The van der Waals surface area contributed by atoms with Gasteiger partial charge in [-0.05, 0) is 36.5 Å². The number of rotatable bonds is 6. The first kappa shape index (κ1) is 17.3. The molecule has 1 fully saturated rings. The van der Waals surface area contributed by atoms with E-state index in [2.05, 4.69) is 19.2 Å². The van der Waals surface area contributed by atoms with E-state index >= 15 is 0 Å². The standard InChI is InChI=1S/C18H26N2O3/c1-13(2)18(14-7-9-15(23-3)10-8-14)19-16(21)12-20-11-5-4-6-17(20)22/h7-10,13,18H,4-6,11-12H2,1-3H3,(H,19,21)/t18-/m1/s1. The van der Waals surface area contributed by atoms with Crippen molar-refractivity contribution in [1.82, 2.24) is 10.2 Å². The third-order valence-electron chi connectivity index (χ3n) is 4.21. The van der Waals surface area contributed by atoms with E-state index in [9.17, 15) is 9.59 Å². The minimum Gasteiger partial charge on any atom is -0.497 e. The molecule has 1 saturated heterocycles. The average molecular weight is 318 g/mol. The van der Waals surface area contributed by atoms with E-state index in [0.29, 0.717) is 13.0 Å². The summed E-state index contributed by atoms with van der Waals surface area (Å²) in [5.41, 5.74) is 1.04. The maximum atomic E-state index is 12.3. The lowest BCUT2D eigenvalue weighted by Crippen LogP contribution is -2.44. The molecular weight excluding hydrogens is 292 g/mol. The lowest BCUT2D eigenvalue weighted by Gasteiger charge is -2.28. The molecule has 1 aliphatic heterocycles. The van der Waals surface area contributed by atoms with Crippen molar-refractivity contribution in [3.63, 3.8) is 0 Å². The summed E-state index contributed by atoms with van der Waals surface area (Å²) < 4.78 is 5.17. The lowest BCUT2D eigenvalue weighted by molar-refractivity contribution is -0.138. The van der Waals surface area contributed by atoms with E-state index in [4.69, 9.17) is 4.74 Å². The molecule has 1 aromatic carbocycles. The Balaban J connectivity index is 2.00. The Bertz CT molecular complexity index is 540. The summed E-state index contributed by atoms with van der Waals surface area (Å²) in [6.45, 7) is 4.97. The summed E-state index contributed by atoms with van der Waals surface area (Å²) in [5.74, 6) is 1.03. The van der Waals surface area contributed by atoms with Gasteiger partial charge in [0.05, 0.1) is 19.7 Å². The number of benzene rings is 1. The molecule has 0 radical (unpaired) electrons. The molecule has 5 heteroatoms. The number of methoxy groups -OCH3 is 1. The van der Waals surface area contributed by atoms with Crippen LogP contribution < -0.4 is 10.1 Å². The van der Waals surface area contributed by atoms with Gasteiger partial charge in [-0.15, -0.1) is 0 Å². The molecule has 2 amide bonds. The van der Waals surface area contributed by atoms with Crippen molar-refractivity contribution in [2.45, 2.75) is 39.2 Å². The summed E-state index contributed by atoms with van der Waals surface area (Å²) in [5, 5.41) is 3.06. The van der Waals surface area contributed by atoms with Crippen molar-refractivity contribution >= 4 is 11.8 Å². The van der Waals surface area contributed by atoms with Crippen LogP contribution in [0.2, 0.25) is 0 Å². The SMILES string of the molecule is COc1ccc([C@H](NC(=O)CN2CCCCC2=O)C(C)C)cc1. The summed E-state index contributed by atoms with van der Waals surface area (Å²) in [6.07, 6.45) is 2.46. The molecule has 0 bridgehead atoms. The van der Waals surface area contributed by atoms with E-state index in [1.807, 2.05) is 24.3 Å². The zero-order chi connectivity index (χ0) is 16.8. The van der Waals surface area contributed by atoms with Crippen molar-refractivity contribution in [3.8, 4) is 5.75 Å². The Labute approximate surface area is 138 Å². The number of ether oxygens (including phenoxy) is 1. The van der Waals surface area contributed by atoms with Crippen molar-refractivity contribution in [3.05, 3.63) is 29.8 Å². The Kier molecular flexibility index (Phi) is 6.02. The molecule has 0 unspecified atom stereocenters. The minimum atomic E-state index is -0.102. The van der Waals surface area contributed by atoms with E-state index in [-0.39, 0.29) is 30.3 Å². The molecule has 1 heterocycles. The van der Waals surface area contributed by atoms with Crippen LogP contribution in [-0.4, -0.2) is 36.9 Å². The predicted molar refractivity (Wildman–Crippen MR) is 89.1 cm³/mol. The predicted octanol–water partition coefficient (Wildman–Crippen LogP) is 2.52. The molecular formula is C18H26N2O3. The van der Waals surface area contributed by atoms with Crippen molar-refractivity contribution in [2.75, 3.05) is 20.2 Å². The highest BCUT2D eigenvalue weighted by atomic mass is 16.5. The monoisotopic (exact) mass is 318 g/mol. The summed E-state index contributed by atoms with van der Waals surface area (Å²) in [6, 6.07) is 7.65. The average Bonchev–Trinajstić information content (AvgIpc) is 2.55. The van der Waals surface area contributed by atoms with Crippen molar-refractivity contribution < 1.29 is 14.3 Å². The second-order valence-electron chi connectivity index (χ2n) is 6.33. The van der Waals surface area contributed by atoms with E-state index in [0.717, 1.165) is 24.2 Å². The maximum absolute atomic E-state index is 12.3. The van der Waals surface area contributed by atoms with Crippen LogP contribution in [0, 0.1) is 5.92 Å². The highest BCUT2D eigenvalue weighted by molar-refractivity contribution is 5.85. The molecule has 1 N–H and O–H groups in total. The van der Waals surface area contributed by atoms with Crippen molar-refractivity contribution in [2.24, 2.45) is 5.92 Å². The fraction of sp³-hybridized carbons (Fsp3) is 0.556. The summed E-state index contributed by atoms with van der Waals surface area (Å²) in [4.78, 5) is 25.8. The van der Waals surface area contributed by atoms with E-state index < -0.39 is 0 Å². The first-order chi connectivity index (χ1) is 11.0. The van der Waals surface area contributed by atoms with Gasteiger partial charge in [0.25, 0.3) is 0 Å². The van der Waals surface area contributed by atoms with Gasteiger partial charge in [0.1, 0.15) is 5.75 Å². The molecule has 0 saturated carbocycles. The zero-order valence-corrected chi connectivity index (χ0v) is 14.2. The van der Waals surface area contributed by atoms with Crippen LogP contribution in [0.15, 0.2) is 24.3 Å². The number of carbonyl (C=O) groups is 2. The molecule has 23 heavy (non-hydrogen) atoms. The lowest BCUT2D eigenvalue weighted by atomic mass is 9.96. The second kappa shape index (κ2) is 7.99. The molecule has 0 spiro atoms. The van der Waals surface area contributed by atoms with Gasteiger partial charge in [-0.1, -0.05) is 26.0 Å². The van der Waals surface area contributed by atoms with Crippen LogP contribution in [0.5, 0.6) is 5.75 Å². The van der Waals surface area contributed by atoms with Crippen LogP contribution in [0.25, 0.3) is 0 Å². The van der Waals surface area contributed by atoms with Crippen LogP contribution in [-0.2, 0) is 9.59 Å². The highest BCUT2D eigenvalue weighted by Crippen LogP contribution is 2.24. The Morgan fingerprint density at radius 2 is 1.96 bits per heavy atom. The van der Waals surface area contributed by atoms with Crippen LogP contribution in [0.1, 0.15) is 44.7 Å². The summed E-state index contributed by atoms with van der Waals surface area (Å²) in [7, 11) is 1.63. The van der Waals surface area contributed by atoms with E-state index in [1.165, 1.54) is 0 Å². The fourth-order valence-corrected chi connectivity index (χ4v) is 2.87. The molecule has 0 aliphatic carbocycles. The van der Waals surface area contributed by atoms with Gasteiger partial charge < -0.3 is 15.0 Å². The third-order valence-corrected chi connectivity index (χ3v) is 4.21. The normalized spacial score (nSPS) is 16.3. The third kappa shape index (κ3) is 4.71. The second-order valence-corrected chi connectivity index (χ2v) is 6.33. The molecule has 1 aromatic rings. The number of likely N-dealkylation sites (tertiary alicyclic amines) is 1. The number of carbonyl (C=O) groups excluding carboxylic acids is 2. The Hall–Kier alpha value is -2.04. The maximum Gasteiger partial charge on any atom is 0.240 e. The quantitative estimate of drug-likeness (QED) is 0.877. The topological polar surface area (TPSA) is 58.6 Å². The van der Waals surface area contributed by atoms with Crippen LogP contribution in [0.4, 0.5) is 0 Å². The van der Waals surface area contributed by atoms with Crippen LogP contribution in [0.3, 0.4) is 0 Å². The molecule has 1 aliphatic rings. The highest BCUT2D eigenvalue weighted by Gasteiger charge is 2.23. The van der Waals surface area contributed by atoms with Crippen molar-refractivity contribution in [1.29, 1.82) is 0 Å². The molecule has 1 atom stereocenters. The minimum absolute atomic E-state index is 0.0756. The van der Waals surface area contributed by atoms with Gasteiger partial charge in [0, 0.05) is 13.0 Å². The fourth-order valence-electron chi connectivity index (χ4n) is 2.87. The zero-order valence-electron chi connectivity index (χ0n) is 14.2. The molecule has 5 nitrogen and oxygen atoms in total. The summed E-state index contributed by atoms with van der Waals surface area (Å²) >= 11 is 0. The molecule has 126 valence electrons. The first-order valence-corrected chi connectivity index (χ1v) is 8.22. The van der Waals surface area contributed by atoms with Gasteiger partial charge in [-0.3, -0.25) is 9.59 Å². The van der Waals surface area contributed by atoms with E-state index in [1.54, 1.807) is 12.0 Å². The number of hydrogen-bond acceptors (Lipinski definition) is 3. The number of hydrogen-bond donors (Lipinski definition) is 1.